The average Bonchev–Trinajstić information content (AvgIpc) is 2.63. The van der Waals surface area contributed by atoms with E-state index in [1.807, 2.05) is 12.2 Å². The predicted molar refractivity (Wildman–Crippen MR) is 99.6 cm³/mol. The molecule has 0 unspecified atom stereocenters. The van der Waals surface area contributed by atoms with Crippen LogP contribution in [0.25, 0.3) is 12.2 Å². The average molecular weight is 340 g/mol. The van der Waals surface area contributed by atoms with Crippen LogP contribution in [0.15, 0.2) is 42.5 Å². The fourth-order valence-electron chi connectivity index (χ4n) is 2.67. The van der Waals surface area contributed by atoms with Crippen LogP contribution in [-0.2, 0) is 12.8 Å². The standard InChI is InChI=1S/C21H24O4/c22-11-1-3-17-13-18(4-2-12-23)15-19(14-17)6-5-16-7-9-20(10-8-16)21(24)25/h5-10,13-15,22-23H,1-4,11-12H2,(H,24,25). The molecule has 0 aliphatic carbocycles. The molecule has 0 atom stereocenters. The number of hydrogen-bond donors (Lipinski definition) is 3. The molecule has 0 saturated carbocycles. The zero-order chi connectivity index (χ0) is 18.1. The molecule has 0 spiro atoms. The van der Waals surface area contributed by atoms with Gasteiger partial charge in [0, 0.05) is 13.2 Å². The molecular weight excluding hydrogens is 316 g/mol. The third kappa shape index (κ3) is 6.18. The lowest BCUT2D eigenvalue weighted by atomic mass is 9.99. The Bertz CT molecular complexity index is 691. The van der Waals surface area contributed by atoms with Crippen LogP contribution in [-0.4, -0.2) is 34.5 Å². The zero-order valence-electron chi connectivity index (χ0n) is 14.2. The molecule has 0 aromatic heterocycles. The molecule has 0 bridgehead atoms. The van der Waals surface area contributed by atoms with Crippen molar-refractivity contribution in [3.63, 3.8) is 0 Å². The van der Waals surface area contributed by atoms with Crippen molar-refractivity contribution in [3.8, 4) is 0 Å². The molecule has 3 N–H and O–H groups in total. The van der Waals surface area contributed by atoms with Gasteiger partial charge in [0.05, 0.1) is 5.56 Å². The first-order valence-corrected chi connectivity index (χ1v) is 8.48. The Hall–Kier alpha value is -2.43. The monoisotopic (exact) mass is 340 g/mol. The van der Waals surface area contributed by atoms with Crippen molar-refractivity contribution in [2.45, 2.75) is 25.7 Å². The van der Waals surface area contributed by atoms with Crippen LogP contribution in [0.3, 0.4) is 0 Å². The number of carboxylic acids is 1. The molecule has 4 heteroatoms. The second-order valence-corrected chi connectivity index (χ2v) is 6.00. The SMILES string of the molecule is O=C(O)c1ccc(C=Cc2cc(CCCO)cc(CCCO)c2)cc1. The summed E-state index contributed by atoms with van der Waals surface area (Å²) in [6.07, 6.45) is 7.04. The third-order valence-corrected chi connectivity index (χ3v) is 3.95. The summed E-state index contributed by atoms with van der Waals surface area (Å²) in [7, 11) is 0. The van der Waals surface area contributed by atoms with Crippen LogP contribution in [0.5, 0.6) is 0 Å². The first kappa shape index (κ1) is 18.9. The highest BCUT2D eigenvalue weighted by molar-refractivity contribution is 5.88. The van der Waals surface area contributed by atoms with E-state index < -0.39 is 5.97 Å². The third-order valence-electron chi connectivity index (χ3n) is 3.95. The number of aromatic carboxylic acids is 1. The minimum absolute atomic E-state index is 0.169. The van der Waals surface area contributed by atoms with E-state index in [1.165, 1.54) is 11.1 Å². The summed E-state index contributed by atoms with van der Waals surface area (Å²) in [6, 6.07) is 13.1. The summed E-state index contributed by atoms with van der Waals surface area (Å²) in [5.41, 5.74) is 4.61. The molecule has 0 saturated heterocycles. The highest BCUT2D eigenvalue weighted by Gasteiger charge is 2.02. The molecule has 0 aliphatic heterocycles. The first-order chi connectivity index (χ1) is 12.1. The molecule has 4 nitrogen and oxygen atoms in total. The highest BCUT2D eigenvalue weighted by atomic mass is 16.4. The molecule has 132 valence electrons. The number of aliphatic hydroxyl groups excluding tert-OH is 2. The van der Waals surface area contributed by atoms with Gasteiger partial charge in [-0.1, -0.05) is 42.5 Å². The van der Waals surface area contributed by atoms with Gasteiger partial charge in [0.1, 0.15) is 0 Å². The normalized spacial score (nSPS) is 11.1. The fourth-order valence-corrected chi connectivity index (χ4v) is 2.67. The Morgan fingerprint density at radius 3 is 1.80 bits per heavy atom. The summed E-state index contributed by atoms with van der Waals surface area (Å²) in [5.74, 6) is -0.930. The number of carbonyl (C=O) groups is 1. The lowest BCUT2D eigenvalue weighted by molar-refractivity contribution is 0.0697. The van der Waals surface area contributed by atoms with Crippen molar-refractivity contribution in [1.29, 1.82) is 0 Å². The van der Waals surface area contributed by atoms with Crippen molar-refractivity contribution in [1.82, 2.24) is 0 Å². The largest absolute Gasteiger partial charge is 0.478 e. The van der Waals surface area contributed by atoms with Crippen LogP contribution < -0.4 is 0 Å². The second-order valence-electron chi connectivity index (χ2n) is 6.00. The van der Waals surface area contributed by atoms with Crippen molar-refractivity contribution in [3.05, 3.63) is 70.3 Å². The van der Waals surface area contributed by atoms with Gasteiger partial charge >= 0.3 is 5.97 Å². The number of aliphatic hydroxyl groups is 2. The number of hydrogen-bond acceptors (Lipinski definition) is 3. The van der Waals surface area contributed by atoms with E-state index in [0.717, 1.165) is 36.8 Å². The van der Waals surface area contributed by atoms with E-state index in [9.17, 15) is 4.79 Å². The highest BCUT2D eigenvalue weighted by Crippen LogP contribution is 2.17. The Labute approximate surface area is 148 Å². The molecule has 0 aliphatic rings. The maximum Gasteiger partial charge on any atom is 0.335 e. The summed E-state index contributed by atoms with van der Waals surface area (Å²) in [6.45, 7) is 0.337. The second kappa shape index (κ2) is 9.77. The molecule has 2 rings (SSSR count). The number of aryl methyl sites for hydroxylation is 2. The summed E-state index contributed by atoms with van der Waals surface area (Å²) in [5, 5.41) is 27.0. The van der Waals surface area contributed by atoms with Crippen LogP contribution in [0.2, 0.25) is 0 Å². The van der Waals surface area contributed by atoms with Gasteiger partial charge in [0.25, 0.3) is 0 Å². The number of carboxylic acid groups (broad SMARTS) is 1. The van der Waals surface area contributed by atoms with Gasteiger partial charge in [-0.05, 0) is 60.1 Å². The van der Waals surface area contributed by atoms with Crippen molar-refractivity contribution >= 4 is 18.1 Å². The van der Waals surface area contributed by atoms with Crippen LogP contribution >= 0.6 is 0 Å². The van der Waals surface area contributed by atoms with Crippen LogP contribution in [0.1, 0.15) is 45.5 Å². The van der Waals surface area contributed by atoms with Crippen molar-refractivity contribution in [2.75, 3.05) is 13.2 Å². The maximum atomic E-state index is 10.9. The van der Waals surface area contributed by atoms with Gasteiger partial charge in [-0.25, -0.2) is 4.79 Å². The van der Waals surface area contributed by atoms with E-state index in [-0.39, 0.29) is 18.8 Å². The van der Waals surface area contributed by atoms with E-state index in [0.29, 0.717) is 0 Å². The summed E-state index contributed by atoms with van der Waals surface area (Å²) < 4.78 is 0. The van der Waals surface area contributed by atoms with Crippen molar-refractivity contribution in [2.24, 2.45) is 0 Å². The van der Waals surface area contributed by atoms with Crippen LogP contribution in [0.4, 0.5) is 0 Å². The molecule has 25 heavy (non-hydrogen) atoms. The minimum atomic E-state index is -0.930. The van der Waals surface area contributed by atoms with E-state index in [1.54, 1.807) is 24.3 Å². The van der Waals surface area contributed by atoms with Gasteiger partial charge < -0.3 is 15.3 Å². The van der Waals surface area contributed by atoms with Gasteiger partial charge in [-0.2, -0.15) is 0 Å². The Morgan fingerprint density at radius 1 is 0.800 bits per heavy atom. The molecule has 0 radical (unpaired) electrons. The Morgan fingerprint density at radius 2 is 1.32 bits per heavy atom. The van der Waals surface area contributed by atoms with Crippen LogP contribution in [0, 0.1) is 0 Å². The Balaban J connectivity index is 2.18. The molecule has 0 fully saturated rings. The summed E-state index contributed by atoms with van der Waals surface area (Å²) >= 11 is 0. The smallest absolute Gasteiger partial charge is 0.335 e. The summed E-state index contributed by atoms with van der Waals surface area (Å²) in [4.78, 5) is 10.9. The van der Waals surface area contributed by atoms with Gasteiger partial charge in [-0.15, -0.1) is 0 Å². The first-order valence-electron chi connectivity index (χ1n) is 8.48. The van der Waals surface area contributed by atoms with Gasteiger partial charge in [0.2, 0.25) is 0 Å². The predicted octanol–water partition coefficient (Wildman–Crippen LogP) is 3.41. The van der Waals surface area contributed by atoms with Gasteiger partial charge in [0.15, 0.2) is 0 Å². The number of rotatable bonds is 9. The maximum absolute atomic E-state index is 10.9. The van der Waals surface area contributed by atoms with E-state index in [2.05, 4.69) is 18.2 Å². The Kier molecular flexibility index (Phi) is 7.38. The molecular formula is C21H24O4. The minimum Gasteiger partial charge on any atom is -0.478 e. The number of benzene rings is 2. The molecule has 0 heterocycles. The lowest BCUT2D eigenvalue weighted by Crippen LogP contribution is -1.95. The van der Waals surface area contributed by atoms with E-state index in [4.69, 9.17) is 15.3 Å². The van der Waals surface area contributed by atoms with E-state index >= 15 is 0 Å². The molecule has 0 amide bonds. The molecule has 2 aromatic carbocycles. The lowest BCUT2D eigenvalue weighted by Gasteiger charge is -2.07. The topological polar surface area (TPSA) is 77.8 Å². The molecule has 2 aromatic rings. The quantitative estimate of drug-likeness (QED) is 0.611. The fraction of sp³-hybridized carbons (Fsp3) is 0.286. The van der Waals surface area contributed by atoms with Gasteiger partial charge in [-0.3, -0.25) is 0 Å². The zero-order valence-corrected chi connectivity index (χ0v) is 14.2. The van der Waals surface area contributed by atoms with Crippen molar-refractivity contribution < 1.29 is 20.1 Å².